The Morgan fingerprint density at radius 3 is 2.73 bits per heavy atom. The number of nitrogens with one attached hydrogen (secondary N) is 2. The maximum Gasteiger partial charge on any atom is 0.191 e. The van der Waals surface area contributed by atoms with Crippen molar-refractivity contribution in [1.82, 2.24) is 20.2 Å². The van der Waals surface area contributed by atoms with Crippen LogP contribution in [0.2, 0.25) is 0 Å². The van der Waals surface area contributed by atoms with Gasteiger partial charge in [0.2, 0.25) is 0 Å². The Hall–Kier alpha value is -2.30. The molecule has 0 aliphatic carbocycles. The highest BCUT2D eigenvalue weighted by atomic mass is 15.2. The second-order valence-electron chi connectivity index (χ2n) is 5.45. The monoisotopic (exact) mass is 299 g/mol. The Balaban J connectivity index is 2.05. The minimum absolute atomic E-state index is 0.349. The fourth-order valence-electron chi connectivity index (χ4n) is 2.16. The molecule has 0 aliphatic rings. The lowest BCUT2D eigenvalue weighted by Crippen LogP contribution is -2.41. The lowest BCUT2D eigenvalue weighted by Gasteiger charge is -2.14. The molecule has 0 saturated carbocycles. The third-order valence-electron chi connectivity index (χ3n) is 3.15. The SMILES string of the molecule is CCNC(=NCc1nccn1Cc1ccccc1)NC(C)C. The average molecular weight is 299 g/mol. The van der Waals surface area contributed by atoms with E-state index in [1.54, 1.807) is 0 Å². The quantitative estimate of drug-likeness (QED) is 0.636. The molecule has 0 atom stereocenters. The molecule has 1 heterocycles. The van der Waals surface area contributed by atoms with Crippen LogP contribution in [0.3, 0.4) is 0 Å². The predicted molar refractivity (Wildman–Crippen MR) is 90.9 cm³/mol. The molecule has 0 bridgehead atoms. The van der Waals surface area contributed by atoms with Gasteiger partial charge in [0.05, 0.1) is 0 Å². The smallest absolute Gasteiger partial charge is 0.191 e. The van der Waals surface area contributed by atoms with E-state index in [1.165, 1.54) is 5.56 Å². The number of guanidine groups is 1. The van der Waals surface area contributed by atoms with Crippen LogP contribution in [-0.2, 0) is 13.1 Å². The number of rotatable bonds is 6. The molecular weight excluding hydrogens is 274 g/mol. The van der Waals surface area contributed by atoms with E-state index >= 15 is 0 Å². The molecule has 0 radical (unpaired) electrons. The Kier molecular flexibility index (Phi) is 6.01. The maximum atomic E-state index is 4.61. The van der Waals surface area contributed by atoms with Crippen molar-refractivity contribution in [1.29, 1.82) is 0 Å². The van der Waals surface area contributed by atoms with Crippen molar-refractivity contribution in [3.8, 4) is 0 Å². The molecule has 2 rings (SSSR count). The topological polar surface area (TPSA) is 54.2 Å². The van der Waals surface area contributed by atoms with Gasteiger partial charge >= 0.3 is 0 Å². The van der Waals surface area contributed by atoms with Gasteiger partial charge in [0, 0.05) is 31.5 Å². The van der Waals surface area contributed by atoms with Crippen molar-refractivity contribution >= 4 is 5.96 Å². The van der Waals surface area contributed by atoms with E-state index in [-0.39, 0.29) is 0 Å². The average Bonchev–Trinajstić information content (AvgIpc) is 2.93. The van der Waals surface area contributed by atoms with E-state index in [0.29, 0.717) is 12.6 Å². The van der Waals surface area contributed by atoms with Crippen molar-refractivity contribution < 1.29 is 0 Å². The normalized spacial score (nSPS) is 11.7. The Morgan fingerprint density at radius 1 is 1.27 bits per heavy atom. The highest BCUT2D eigenvalue weighted by Gasteiger charge is 2.05. The number of aliphatic imine (C=N–C) groups is 1. The van der Waals surface area contributed by atoms with Gasteiger partial charge in [-0.1, -0.05) is 30.3 Å². The summed E-state index contributed by atoms with van der Waals surface area (Å²) in [7, 11) is 0. The summed E-state index contributed by atoms with van der Waals surface area (Å²) in [5.41, 5.74) is 1.26. The standard InChI is InChI=1S/C17H25N5/c1-4-18-17(21-14(2)3)20-12-16-19-10-11-22(16)13-15-8-6-5-7-9-15/h5-11,14H,4,12-13H2,1-3H3,(H2,18,20,21). The zero-order valence-corrected chi connectivity index (χ0v) is 13.6. The molecular formula is C17H25N5. The number of hydrogen-bond acceptors (Lipinski definition) is 2. The molecule has 118 valence electrons. The number of hydrogen-bond donors (Lipinski definition) is 2. The molecule has 2 aromatic rings. The molecule has 1 aromatic heterocycles. The summed E-state index contributed by atoms with van der Waals surface area (Å²) >= 11 is 0. The van der Waals surface area contributed by atoms with E-state index < -0.39 is 0 Å². The molecule has 0 saturated heterocycles. The largest absolute Gasteiger partial charge is 0.357 e. The van der Waals surface area contributed by atoms with Crippen molar-refractivity contribution in [2.24, 2.45) is 4.99 Å². The van der Waals surface area contributed by atoms with E-state index in [4.69, 9.17) is 0 Å². The first-order valence-corrected chi connectivity index (χ1v) is 7.77. The van der Waals surface area contributed by atoms with Crippen molar-refractivity contribution in [2.75, 3.05) is 6.54 Å². The first-order chi connectivity index (χ1) is 10.7. The Labute approximate surface area is 132 Å². The summed E-state index contributed by atoms with van der Waals surface area (Å²) in [6, 6.07) is 10.7. The van der Waals surface area contributed by atoms with Crippen LogP contribution in [0.1, 0.15) is 32.2 Å². The molecule has 5 nitrogen and oxygen atoms in total. The van der Waals surface area contributed by atoms with Gasteiger partial charge in [-0.2, -0.15) is 0 Å². The minimum Gasteiger partial charge on any atom is -0.357 e. The van der Waals surface area contributed by atoms with Crippen LogP contribution in [0.4, 0.5) is 0 Å². The zero-order chi connectivity index (χ0) is 15.8. The van der Waals surface area contributed by atoms with Crippen LogP contribution in [0.25, 0.3) is 0 Å². The first kappa shape index (κ1) is 16.1. The Morgan fingerprint density at radius 2 is 2.05 bits per heavy atom. The lowest BCUT2D eigenvalue weighted by atomic mass is 10.2. The Bertz CT molecular complexity index is 586. The summed E-state index contributed by atoms with van der Waals surface area (Å²) in [6.45, 7) is 8.49. The van der Waals surface area contributed by atoms with Gasteiger partial charge < -0.3 is 15.2 Å². The van der Waals surface area contributed by atoms with E-state index in [1.807, 2.05) is 18.5 Å². The highest BCUT2D eigenvalue weighted by Crippen LogP contribution is 2.06. The van der Waals surface area contributed by atoms with Gasteiger partial charge in [-0.3, -0.25) is 0 Å². The zero-order valence-electron chi connectivity index (χ0n) is 13.6. The first-order valence-electron chi connectivity index (χ1n) is 7.77. The van der Waals surface area contributed by atoms with Gasteiger partial charge in [-0.05, 0) is 26.3 Å². The molecule has 1 aromatic carbocycles. The summed E-state index contributed by atoms with van der Waals surface area (Å²) in [5.74, 6) is 1.79. The van der Waals surface area contributed by atoms with Crippen LogP contribution in [0, 0.1) is 0 Å². The number of imidazole rings is 1. The van der Waals surface area contributed by atoms with E-state index in [9.17, 15) is 0 Å². The maximum absolute atomic E-state index is 4.61. The van der Waals surface area contributed by atoms with Crippen LogP contribution in [0.5, 0.6) is 0 Å². The van der Waals surface area contributed by atoms with Crippen LogP contribution < -0.4 is 10.6 Å². The minimum atomic E-state index is 0.349. The fourth-order valence-corrected chi connectivity index (χ4v) is 2.16. The number of benzene rings is 1. The van der Waals surface area contributed by atoms with Crippen molar-refractivity contribution in [3.63, 3.8) is 0 Å². The molecule has 5 heteroatoms. The molecule has 0 amide bonds. The lowest BCUT2D eigenvalue weighted by molar-refractivity contribution is 0.687. The summed E-state index contributed by atoms with van der Waals surface area (Å²) in [5, 5.41) is 6.56. The third kappa shape index (κ3) is 4.91. The molecule has 0 unspecified atom stereocenters. The van der Waals surface area contributed by atoms with E-state index in [2.05, 4.69) is 70.2 Å². The van der Waals surface area contributed by atoms with E-state index in [0.717, 1.165) is 24.9 Å². The highest BCUT2D eigenvalue weighted by molar-refractivity contribution is 5.79. The third-order valence-corrected chi connectivity index (χ3v) is 3.15. The second kappa shape index (κ2) is 8.22. The molecule has 22 heavy (non-hydrogen) atoms. The van der Waals surface area contributed by atoms with Crippen LogP contribution >= 0.6 is 0 Å². The van der Waals surface area contributed by atoms with Crippen LogP contribution in [0.15, 0.2) is 47.7 Å². The van der Waals surface area contributed by atoms with Gasteiger partial charge in [0.1, 0.15) is 12.4 Å². The van der Waals surface area contributed by atoms with Crippen molar-refractivity contribution in [2.45, 2.75) is 39.9 Å². The summed E-state index contributed by atoms with van der Waals surface area (Å²) in [4.78, 5) is 9.03. The predicted octanol–water partition coefficient (Wildman–Crippen LogP) is 2.39. The van der Waals surface area contributed by atoms with Crippen LogP contribution in [-0.4, -0.2) is 28.1 Å². The molecule has 2 N–H and O–H groups in total. The second-order valence-corrected chi connectivity index (χ2v) is 5.45. The van der Waals surface area contributed by atoms with Gasteiger partial charge in [0.25, 0.3) is 0 Å². The van der Waals surface area contributed by atoms with Crippen molar-refractivity contribution in [3.05, 3.63) is 54.1 Å². The molecule has 0 aliphatic heterocycles. The number of aromatic nitrogens is 2. The summed E-state index contributed by atoms with van der Waals surface area (Å²) < 4.78 is 2.14. The van der Waals surface area contributed by atoms with Gasteiger partial charge in [-0.15, -0.1) is 0 Å². The van der Waals surface area contributed by atoms with Gasteiger partial charge in [0.15, 0.2) is 5.96 Å². The fraction of sp³-hybridized carbons (Fsp3) is 0.412. The number of nitrogens with zero attached hydrogens (tertiary/aromatic N) is 3. The molecule has 0 fully saturated rings. The summed E-state index contributed by atoms with van der Waals surface area (Å²) in [6.07, 6.45) is 3.83. The molecule has 0 spiro atoms. The van der Waals surface area contributed by atoms with Gasteiger partial charge in [-0.25, -0.2) is 9.98 Å².